The van der Waals surface area contributed by atoms with Gasteiger partial charge in [0.05, 0.1) is 11.6 Å². The van der Waals surface area contributed by atoms with Crippen molar-refractivity contribution in [1.29, 1.82) is 0 Å². The van der Waals surface area contributed by atoms with E-state index >= 15 is 0 Å². The maximum atomic E-state index is 12.4. The van der Waals surface area contributed by atoms with E-state index in [0.29, 0.717) is 6.29 Å². The molecule has 0 bridgehead atoms. The van der Waals surface area contributed by atoms with E-state index in [9.17, 15) is 13.6 Å². The van der Waals surface area contributed by atoms with Gasteiger partial charge < -0.3 is 4.74 Å². The second kappa shape index (κ2) is 4.45. The smallest absolute Gasteiger partial charge is 0.281 e. The Morgan fingerprint density at radius 3 is 2.71 bits per heavy atom. The lowest BCUT2D eigenvalue weighted by Gasteiger charge is -2.07. The molecule has 14 heavy (non-hydrogen) atoms. The molecule has 76 valence electrons. The number of nitrogens with zero attached hydrogens (tertiary/aromatic N) is 1. The van der Waals surface area contributed by atoms with Crippen molar-refractivity contribution in [2.45, 2.75) is 6.43 Å². The topological polar surface area (TPSA) is 39.2 Å². The van der Waals surface area contributed by atoms with Gasteiger partial charge in [-0.15, -0.1) is 0 Å². The number of methoxy groups -OCH3 is 1. The average Bonchev–Trinajstić information content (AvgIpc) is 2.17. The number of halogens is 3. The van der Waals surface area contributed by atoms with Crippen LogP contribution in [0.2, 0.25) is 0 Å². The number of pyridine rings is 1. The van der Waals surface area contributed by atoms with Gasteiger partial charge in [-0.2, -0.15) is 0 Å². The minimum Gasteiger partial charge on any atom is -0.481 e. The first-order valence-electron chi connectivity index (χ1n) is 3.58. The van der Waals surface area contributed by atoms with E-state index < -0.39 is 12.1 Å². The molecule has 0 radical (unpaired) electrons. The minimum atomic E-state index is -2.75. The molecule has 0 aliphatic carbocycles. The molecule has 0 saturated carbocycles. The predicted molar refractivity (Wildman–Crippen MR) is 48.8 cm³/mol. The van der Waals surface area contributed by atoms with Crippen molar-refractivity contribution in [2.24, 2.45) is 0 Å². The highest BCUT2D eigenvalue weighted by Crippen LogP contribution is 2.30. The van der Waals surface area contributed by atoms with Gasteiger partial charge in [-0.3, -0.25) is 4.79 Å². The van der Waals surface area contributed by atoms with Crippen molar-refractivity contribution in [1.82, 2.24) is 4.98 Å². The van der Waals surface area contributed by atoms with Crippen LogP contribution < -0.4 is 4.74 Å². The number of aldehydes is 1. The molecule has 3 nitrogen and oxygen atoms in total. The summed E-state index contributed by atoms with van der Waals surface area (Å²) >= 11 is 2.88. The van der Waals surface area contributed by atoms with E-state index in [1.54, 1.807) is 0 Å². The predicted octanol–water partition coefficient (Wildman–Crippen LogP) is 2.60. The molecule has 0 spiro atoms. The maximum absolute atomic E-state index is 12.4. The van der Waals surface area contributed by atoms with Gasteiger partial charge >= 0.3 is 0 Å². The second-order valence-electron chi connectivity index (χ2n) is 2.37. The van der Waals surface area contributed by atoms with Crippen LogP contribution in [0.3, 0.4) is 0 Å². The average molecular weight is 266 g/mol. The van der Waals surface area contributed by atoms with Gasteiger partial charge in [0.1, 0.15) is 5.69 Å². The Morgan fingerprint density at radius 1 is 1.64 bits per heavy atom. The third kappa shape index (κ3) is 2.06. The molecule has 0 fully saturated rings. The van der Waals surface area contributed by atoms with Crippen LogP contribution >= 0.6 is 15.9 Å². The van der Waals surface area contributed by atoms with Gasteiger partial charge in [0.25, 0.3) is 6.43 Å². The number of hydrogen-bond donors (Lipinski definition) is 0. The van der Waals surface area contributed by atoms with E-state index in [1.807, 2.05) is 0 Å². The van der Waals surface area contributed by atoms with Gasteiger partial charge in [-0.1, -0.05) is 0 Å². The van der Waals surface area contributed by atoms with E-state index in [4.69, 9.17) is 0 Å². The molecule has 0 aliphatic rings. The Hall–Kier alpha value is -1.04. The molecule has 0 N–H and O–H groups in total. The summed E-state index contributed by atoms with van der Waals surface area (Å²) in [6, 6.07) is 1.28. The fourth-order valence-electron chi connectivity index (χ4n) is 0.879. The number of alkyl halides is 2. The lowest BCUT2D eigenvalue weighted by atomic mass is 10.2. The number of rotatable bonds is 3. The quantitative estimate of drug-likeness (QED) is 0.789. The summed E-state index contributed by atoms with van der Waals surface area (Å²) in [6.45, 7) is 0. The maximum Gasteiger partial charge on any atom is 0.281 e. The van der Waals surface area contributed by atoms with Crippen molar-refractivity contribution < 1.29 is 18.3 Å². The molecule has 1 heterocycles. The molecular weight excluding hydrogens is 260 g/mol. The van der Waals surface area contributed by atoms with Crippen LogP contribution in [0.5, 0.6) is 5.88 Å². The number of hydrogen-bond acceptors (Lipinski definition) is 3. The van der Waals surface area contributed by atoms with Crippen molar-refractivity contribution >= 4 is 22.2 Å². The first-order chi connectivity index (χ1) is 6.60. The Balaban J connectivity index is 3.34. The van der Waals surface area contributed by atoms with Crippen molar-refractivity contribution in [3.8, 4) is 5.88 Å². The van der Waals surface area contributed by atoms with Crippen LogP contribution in [0, 0.1) is 0 Å². The largest absolute Gasteiger partial charge is 0.481 e. The second-order valence-corrected chi connectivity index (χ2v) is 3.16. The zero-order chi connectivity index (χ0) is 10.7. The molecule has 0 amide bonds. The molecule has 0 saturated heterocycles. The SMILES string of the molecule is COc1cc(C=O)c(Br)c(C(F)F)n1. The highest BCUT2D eigenvalue weighted by atomic mass is 79.9. The van der Waals surface area contributed by atoms with Crippen molar-refractivity contribution in [3.63, 3.8) is 0 Å². The van der Waals surface area contributed by atoms with Crippen LogP contribution in [0.1, 0.15) is 22.5 Å². The van der Waals surface area contributed by atoms with Crippen LogP contribution in [0.15, 0.2) is 10.5 Å². The van der Waals surface area contributed by atoms with Crippen LogP contribution in [-0.4, -0.2) is 18.4 Å². The summed E-state index contributed by atoms with van der Waals surface area (Å²) in [4.78, 5) is 14.0. The van der Waals surface area contributed by atoms with Crippen molar-refractivity contribution in [2.75, 3.05) is 7.11 Å². The number of carbonyl (C=O) groups is 1. The Labute approximate surface area is 87.2 Å². The first kappa shape index (κ1) is 11.0. The minimum absolute atomic E-state index is 0.00306. The zero-order valence-corrected chi connectivity index (χ0v) is 8.72. The summed E-state index contributed by atoms with van der Waals surface area (Å²) in [5, 5.41) is 0. The van der Waals surface area contributed by atoms with E-state index in [0.717, 1.165) is 0 Å². The standard InChI is InChI=1S/C8H6BrF2NO2/c1-14-5-2-4(3-13)6(9)7(12-5)8(10)11/h2-3,8H,1H3. The Morgan fingerprint density at radius 2 is 2.29 bits per heavy atom. The van der Waals surface area contributed by atoms with Gasteiger partial charge in [0, 0.05) is 11.6 Å². The van der Waals surface area contributed by atoms with Crippen molar-refractivity contribution in [3.05, 3.63) is 21.8 Å². The summed E-state index contributed by atoms with van der Waals surface area (Å²) in [6.07, 6.45) is -2.29. The molecule has 0 aliphatic heterocycles. The summed E-state index contributed by atoms with van der Waals surface area (Å²) < 4.78 is 29.5. The third-order valence-corrected chi connectivity index (χ3v) is 2.39. The first-order valence-corrected chi connectivity index (χ1v) is 4.37. The van der Waals surface area contributed by atoms with E-state index in [2.05, 4.69) is 25.7 Å². The summed E-state index contributed by atoms with van der Waals surface area (Å²) in [5.41, 5.74) is -0.404. The Kier molecular flexibility index (Phi) is 3.51. The Bertz CT molecular complexity index is 357. The van der Waals surface area contributed by atoms with Crippen LogP contribution in [-0.2, 0) is 0 Å². The summed E-state index contributed by atoms with van der Waals surface area (Å²) in [7, 11) is 1.29. The lowest BCUT2D eigenvalue weighted by molar-refractivity contribution is 0.112. The fraction of sp³-hybridized carbons (Fsp3) is 0.250. The molecule has 1 rings (SSSR count). The fourth-order valence-corrected chi connectivity index (χ4v) is 1.35. The van der Waals surface area contributed by atoms with Gasteiger partial charge in [0.2, 0.25) is 5.88 Å². The van der Waals surface area contributed by atoms with Crippen LogP contribution in [0.25, 0.3) is 0 Å². The van der Waals surface area contributed by atoms with Gasteiger partial charge in [0.15, 0.2) is 6.29 Å². The third-order valence-electron chi connectivity index (χ3n) is 1.53. The molecule has 0 aromatic carbocycles. The highest BCUT2D eigenvalue weighted by molar-refractivity contribution is 9.10. The van der Waals surface area contributed by atoms with Gasteiger partial charge in [-0.05, 0) is 15.9 Å². The number of carbonyl (C=O) groups excluding carboxylic acids is 1. The molecule has 0 unspecified atom stereocenters. The number of aromatic nitrogens is 1. The summed E-state index contributed by atoms with van der Waals surface area (Å²) in [5.74, 6) is -0.00870. The van der Waals surface area contributed by atoms with Gasteiger partial charge in [-0.25, -0.2) is 13.8 Å². The zero-order valence-electron chi connectivity index (χ0n) is 7.13. The van der Waals surface area contributed by atoms with E-state index in [1.165, 1.54) is 13.2 Å². The molecule has 0 atom stereocenters. The lowest BCUT2D eigenvalue weighted by Crippen LogP contribution is -1.99. The van der Waals surface area contributed by atoms with Crippen LogP contribution in [0.4, 0.5) is 8.78 Å². The highest BCUT2D eigenvalue weighted by Gasteiger charge is 2.18. The monoisotopic (exact) mass is 265 g/mol. The molecule has 1 aromatic rings. The molecule has 6 heteroatoms. The molecule has 1 aromatic heterocycles. The number of ether oxygens (including phenoxy) is 1. The normalized spacial score (nSPS) is 10.4. The van der Waals surface area contributed by atoms with E-state index in [-0.39, 0.29) is 15.9 Å². The molecular formula is C8H6BrF2NO2.